The number of aromatic carboxylic acids is 1. The fourth-order valence-electron chi connectivity index (χ4n) is 2.90. The minimum Gasteiger partial charge on any atom is -0.478 e. The number of fused-ring (bicyclic) bond motifs is 1. The number of benzene rings is 1. The molecular formula is C17H15F3N2O2. The first kappa shape index (κ1) is 16.4. The molecule has 1 aliphatic rings. The lowest BCUT2D eigenvalue weighted by atomic mass is 9.97. The molecule has 1 aromatic heterocycles. The fourth-order valence-corrected chi connectivity index (χ4v) is 2.90. The summed E-state index contributed by atoms with van der Waals surface area (Å²) in [6.07, 6.45) is -2.22. The third kappa shape index (κ3) is 3.41. The number of carboxylic acids is 1. The average molecular weight is 336 g/mol. The summed E-state index contributed by atoms with van der Waals surface area (Å²) < 4.78 is 38.6. The van der Waals surface area contributed by atoms with E-state index in [1.54, 1.807) is 6.07 Å². The number of carbonyl (C=O) groups is 1. The van der Waals surface area contributed by atoms with Crippen molar-refractivity contribution >= 4 is 5.97 Å². The Hall–Kier alpha value is -2.41. The van der Waals surface area contributed by atoms with Crippen LogP contribution in [0.1, 0.15) is 32.7 Å². The number of nitrogens with zero attached hydrogens (tertiary/aromatic N) is 2. The highest BCUT2D eigenvalue weighted by Gasteiger charge is 2.31. The van der Waals surface area contributed by atoms with Gasteiger partial charge in [0.15, 0.2) is 0 Å². The molecule has 1 aromatic carbocycles. The Balaban J connectivity index is 1.81. The Kier molecular flexibility index (Phi) is 4.28. The lowest BCUT2D eigenvalue weighted by Gasteiger charge is -2.29. The van der Waals surface area contributed by atoms with E-state index in [-0.39, 0.29) is 12.1 Å². The Bertz CT molecular complexity index is 775. The molecule has 0 spiro atoms. The van der Waals surface area contributed by atoms with Gasteiger partial charge in [-0.25, -0.2) is 4.79 Å². The molecule has 126 valence electrons. The van der Waals surface area contributed by atoms with Crippen LogP contribution in [0.25, 0.3) is 0 Å². The largest absolute Gasteiger partial charge is 0.478 e. The molecule has 0 atom stereocenters. The van der Waals surface area contributed by atoms with Gasteiger partial charge in [0.1, 0.15) is 0 Å². The highest BCUT2D eigenvalue weighted by atomic mass is 19.4. The molecule has 1 aliphatic heterocycles. The van der Waals surface area contributed by atoms with Crippen LogP contribution in [0.4, 0.5) is 13.2 Å². The molecule has 0 aliphatic carbocycles. The second kappa shape index (κ2) is 6.24. The van der Waals surface area contributed by atoms with E-state index in [1.165, 1.54) is 24.4 Å². The van der Waals surface area contributed by atoms with Crippen molar-refractivity contribution in [1.82, 2.24) is 9.88 Å². The summed E-state index contributed by atoms with van der Waals surface area (Å²) in [7, 11) is 0. The number of hydrogen-bond donors (Lipinski definition) is 1. The van der Waals surface area contributed by atoms with E-state index in [9.17, 15) is 23.1 Å². The Morgan fingerprint density at radius 1 is 1.25 bits per heavy atom. The van der Waals surface area contributed by atoms with Crippen LogP contribution < -0.4 is 0 Å². The predicted octanol–water partition coefficient (Wildman–Crippen LogP) is 3.36. The molecular weight excluding hydrogens is 321 g/mol. The SMILES string of the molecule is O=C(O)c1cccnc1CN1CCc2ccc(C(F)(F)F)cc2C1. The van der Waals surface area contributed by atoms with Gasteiger partial charge in [-0.15, -0.1) is 0 Å². The summed E-state index contributed by atoms with van der Waals surface area (Å²) in [6, 6.07) is 6.84. The molecule has 0 fully saturated rings. The molecule has 24 heavy (non-hydrogen) atoms. The zero-order valence-electron chi connectivity index (χ0n) is 12.7. The van der Waals surface area contributed by atoms with Crippen molar-refractivity contribution in [3.8, 4) is 0 Å². The third-order valence-corrected chi connectivity index (χ3v) is 4.12. The first-order chi connectivity index (χ1) is 11.3. The molecule has 1 N–H and O–H groups in total. The minimum atomic E-state index is -4.37. The van der Waals surface area contributed by atoms with Gasteiger partial charge in [-0.2, -0.15) is 13.2 Å². The van der Waals surface area contributed by atoms with Crippen LogP contribution in [0, 0.1) is 0 Å². The van der Waals surface area contributed by atoms with Gasteiger partial charge < -0.3 is 5.11 Å². The van der Waals surface area contributed by atoms with Crippen molar-refractivity contribution in [3.63, 3.8) is 0 Å². The number of aromatic nitrogens is 1. The molecule has 0 unspecified atom stereocenters. The topological polar surface area (TPSA) is 53.4 Å². The Morgan fingerprint density at radius 2 is 2.04 bits per heavy atom. The van der Waals surface area contributed by atoms with Crippen molar-refractivity contribution in [2.75, 3.05) is 6.54 Å². The lowest BCUT2D eigenvalue weighted by Crippen LogP contribution is -2.31. The molecule has 4 nitrogen and oxygen atoms in total. The maximum absolute atomic E-state index is 12.9. The maximum atomic E-state index is 12.9. The highest BCUT2D eigenvalue weighted by molar-refractivity contribution is 5.88. The quantitative estimate of drug-likeness (QED) is 0.934. The lowest BCUT2D eigenvalue weighted by molar-refractivity contribution is -0.137. The van der Waals surface area contributed by atoms with E-state index in [4.69, 9.17) is 0 Å². The van der Waals surface area contributed by atoms with Crippen LogP contribution in [0.3, 0.4) is 0 Å². The maximum Gasteiger partial charge on any atom is 0.416 e. The number of carboxylic acid groups (broad SMARTS) is 1. The van der Waals surface area contributed by atoms with Gasteiger partial charge >= 0.3 is 12.1 Å². The molecule has 2 aromatic rings. The summed E-state index contributed by atoms with van der Waals surface area (Å²) in [5.74, 6) is -1.06. The zero-order valence-corrected chi connectivity index (χ0v) is 12.7. The van der Waals surface area contributed by atoms with Crippen molar-refractivity contribution in [2.45, 2.75) is 25.7 Å². The van der Waals surface area contributed by atoms with Crippen molar-refractivity contribution in [2.24, 2.45) is 0 Å². The summed E-state index contributed by atoms with van der Waals surface area (Å²) >= 11 is 0. The average Bonchev–Trinajstić information content (AvgIpc) is 2.53. The van der Waals surface area contributed by atoms with E-state index >= 15 is 0 Å². The van der Waals surface area contributed by atoms with Gasteiger partial charge in [-0.05, 0) is 41.8 Å². The first-order valence-electron chi connectivity index (χ1n) is 7.43. The van der Waals surface area contributed by atoms with Crippen LogP contribution in [0.5, 0.6) is 0 Å². The summed E-state index contributed by atoms with van der Waals surface area (Å²) in [5.41, 5.74) is 1.41. The Labute approximate surface area is 136 Å². The summed E-state index contributed by atoms with van der Waals surface area (Å²) in [5, 5.41) is 9.20. The molecule has 0 saturated heterocycles. The van der Waals surface area contributed by atoms with Crippen LogP contribution in [-0.4, -0.2) is 27.5 Å². The van der Waals surface area contributed by atoms with Crippen LogP contribution in [0.2, 0.25) is 0 Å². The van der Waals surface area contributed by atoms with E-state index in [1.807, 2.05) is 4.90 Å². The molecule has 0 radical (unpaired) electrons. The van der Waals surface area contributed by atoms with Gasteiger partial charge in [0.2, 0.25) is 0 Å². The standard InChI is InChI=1S/C17H15F3N2O2/c18-17(19,20)13-4-3-11-5-7-22(9-12(11)8-13)10-15-14(16(23)24)2-1-6-21-15/h1-4,6,8H,5,7,9-10H2,(H,23,24). The van der Waals surface area contributed by atoms with Gasteiger partial charge in [-0.1, -0.05) is 6.07 Å². The van der Waals surface area contributed by atoms with E-state index in [0.717, 1.165) is 11.6 Å². The monoisotopic (exact) mass is 336 g/mol. The fraction of sp³-hybridized carbons (Fsp3) is 0.294. The zero-order chi connectivity index (χ0) is 17.3. The number of alkyl halides is 3. The van der Waals surface area contributed by atoms with Crippen LogP contribution in [-0.2, 0) is 25.7 Å². The number of halogens is 3. The highest BCUT2D eigenvalue weighted by Crippen LogP contribution is 2.32. The van der Waals surface area contributed by atoms with Crippen LogP contribution >= 0.6 is 0 Å². The predicted molar refractivity (Wildman–Crippen MR) is 80.5 cm³/mol. The van der Waals surface area contributed by atoms with Crippen molar-refractivity contribution in [1.29, 1.82) is 0 Å². The molecule has 0 bridgehead atoms. The summed E-state index contributed by atoms with van der Waals surface area (Å²) in [6.45, 7) is 1.28. The smallest absolute Gasteiger partial charge is 0.416 e. The normalized spacial score (nSPS) is 15.1. The minimum absolute atomic E-state index is 0.118. The third-order valence-electron chi connectivity index (χ3n) is 4.12. The number of hydrogen-bond acceptors (Lipinski definition) is 3. The van der Waals surface area contributed by atoms with E-state index in [0.29, 0.717) is 30.8 Å². The van der Waals surface area contributed by atoms with E-state index < -0.39 is 17.7 Å². The molecule has 7 heteroatoms. The second-order valence-corrected chi connectivity index (χ2v) is 5.74. The molecule has 2 heterocycles. The summed E-state index contributed by atoms with van der Waals surface area (Å²) in [4.78, 5) is 17.3. The molecule has 0 amide bonds. The number of rotatable bonds is 3. The Morgan fingerprint density at radius 3 is 2.75 bits per heavy atom. The van der Waals surface area contributed by atoms with Gasteiger partial charge in [-0.3, -0.25) is 9.88 Å². The second-order valence-electron chi connectivity index (χ2n) is 5.74. The van der Waals surface area contributed by atoms with Gasteiger partial charge in [0, 0.05) is 25.8 Å². The molecule has 3 rings (SSSR count). The van der Waals surface area contributed by atoms with E-state index in [2.05, 4.69) is 4.98 Å². The molecule has 0 saturated carbocycles. The van der Waals surface area contributed by atoms with Crippen molar-refractivity contribution in [3.05, 3.63) is 64.5 Å². The first-order valence-corrected chi connectivity index (χ1v) is 7.43. The van der Waals surface area contributed by atoms with Gasteiger partial charge in [0.25, 0.3) is 0 Å². The van der Waals surface area contributed by atoms with Gasteiger partial charge in [0.05, 0.1) is 16.8 Å². The van der Waals surface area contributed by atoms with Crippen molar-refractivity contribution < 1.29 is 23.1 Å². The van der Waals surface area contributed by atoms with Crippen LogP contribution in [0.15, 0.2) is 36.5 Å². The number of pyridine rings is 1.